The molecule has 0 aliphatic carbocycles. The third kappa shape index (κ3) is 3.54. The van der Waals surface area contributed by atoms with Crippen molar-refractivity contribution in [2.24, 2.45) is 5.92 Å². The molecule has 6 heteroatoms. The normalized spacial score (nSPS) is 11.4. The van der Waals surface area contributed by atoms with Crippen molar-refractivity contribution in [2.45, 2.75) is 6.92 Å². The van der Waals surface area contributed by atoms with Gasteiger partial charge in [-0.15, -0.1) is 0 Å². The van der Waals surface area contributed by atoms with E-state index in [0.717, 1.165) is 12.1 Å². The van der Waals surface area contributed by atoms with Crippen molar-refractivity contribution in [3.05, 3.63) is 29.0 Å². The molecule has 1 unspecified atom stereocenters. The Morgan fingerprint density at radius 3 is 2.83 bits per heavy atom. The fourth-order valence-electron chi connectivity index (χ4n) is 1.23. The van der Waals surface area contributed by atoms with Crippen LogP contribution < -0.4 is 4.74 Å². The van der Waals surface area contributed by atoms with Gasteiger partial charge in [0.2, 0.25) is 0 Å². The molecule has 0 aliphatic rings. The molecule has 0 bridgehead atoms. The number of nitrogens with one attached hydrogen (secondary N) is 1. The summed E-state index contributed by atoms with van der Waals surface area (Å²) in [6.45, 7) is 0.983. The molecule has 0 aliphatic heterocycles. The summed E-state index contributed by atoms with van der Waals surface area (Å²) in [6, 6.07) is 5.22. The van der Waals surface area contributed by atoms with Gasteiger partial charge in [0, 0.05) is 5.71 Å². The number of nitrogens with zero attached hydrogens (tertiary/aromatic N) is 1. The summed E-state index contributed by atoms with van der Waals surface area (Å²) in [5, 5.41) is 16.0. The van der Waals surface area contributed by atoms with E-state index in [2.05, 4.69) is 0 Å². The number of carbonyl (C=O) groups is 1. The van der Waals surface area contributed by atoms with E-state index in [1.165, 1.54) is 13.0 Å². The highest BCUT2D eigenvalue weighted by Gasteiger charge is 2.20. The van der Waals surface area contributed by atoms with Gasteiger partial charge in [0.05, 0.1) is 11.1 Å². The standard InChI is InChI=1S/C12H10ClFN2O2/c1-7(16)9(5-15)11(17)6-18-12-3-2-8(14)4-10(12)13/h2-4,9,16H,6H2,1H3. The van der Waals surface area contributed by atoms with Gasteiger partial charge in [0.25, 0.3) is 0 Å². The number of Topliss-reactive ketones (excluding diaryl/α,β-unsaturated/α-hetero) is 1. The third-order valence-corrected chi connectivity index (χ3v) is 2.44. The lowest BCUT2D eigenvalue weighted by atomic mass is 10.0. The maximum absolute atomic E-state index is 12.8. The summed E-state index contributed by atoms with van der Waals surface area (Å²) in [5.41, 5.74) is -0.0451. The van der Waals surface area contributed by atoms with Crippen LogP contribution in [0.1, 0.15) is 6.92 Å². The monoisotopic (exact) mass is 268 g/mol. The molecule has 0 spiro atoms. The fraction of sp³-hybridized carbons (Fsp3) is 0.250. The molecule has 0 heterocycles. The van der Waals surface area contributed by atoms with Crippen LogP contribution in [-0.4, -0.2) is 18.1 Å². The summed E-state index contributed by atoms with van der Waals surface area (Å²) in [6.07, 6.45) is 0. The van der Waals surface area contributed by atoms with E-state index in [1.54, 1.807) is 6.07 Å². The summed E-state index contributed by atoms with van der Waals surface area (Å²) in [5.74, 6) is -2.01. The van der Waals surface area contributed by atoms with E-state index in [0.29, 0.717) is 0 Å². The number of nitriles is 1. The first kappa shape index (κ1) is 14.1. The highest BCUT2D eigenvalue weighted by Crippen LogP contribution is 2.24. The first-order valence-electron chi connectivity index (χ1n) is 5.01. The molecule has 1 rings (SSSR count). The van der Waals surface area contributed by atoms with Gasteiger partial charge >= 0.3 is 0 Å². The fourth-order valence-corrected chi connectivity index (χ4v) is 1.46. The van der Waals surface area contributed by atoms with Crippen molar-refractivity contribution >= 4 is 23.1 Å². The molecule has 0 fully saturated rings. The molecule has 0 amide bonds. The number of halogens is 2. The number of benzene rings is 1. The van der Waals surface area contributed by atoms with Crippen molar-refractivity contribution in [3.8, 4) is 11.8 Å². The Labute approximate surface area is 108 Å². The molecule has 94 valence electrons. The number of hydrogen-bond acceptors (Lipinski definition) is 4. The molecule has 0 saturated heterocycles. The number of rotatable bonds is 5. The Balaban J connectivity index is 2.68. The van der Waals surface area contributed by atoms with E-state index >= 15 is 0 Å². The number of carbonyl (C=O) groups excluding carboxylic acids is 1. The quantitative estimate of drug-likeness (QED) is 0.834. The van der Waals surface area contributed by atoms with Gasteiger partial charge in [-0.2, -0.15) is 5.26 Å². The molecule has 1 N–H and O–H groups in total. The van der Waals surface area contributed by atoms with Crippen LogP contribution in [0.25, 0.3) is 0 Å². The van der Waals surface area contributed by atoms with Crippen LogP contribution >= 0.6 is 11.6 Å². The maximum Gasteiger partial charge on any atom is 0.192 e. The molecule has 0 aromatic heterocycles. The van der Waals surface area contributed by atoms with Crippen molar-refractivity contribution in [1.29, 1.82) is 10.7 Å². The summed E-state index contributed by atoms with van der Waals surface area (Å²) < 4.78 is 17.8. The Hall–Kier alpha value is -1.93. The SMILES string of the molecule is CC(=N)C(C#N)C(=O)COc1ccc(F)cc1Cl. The highest BCUT2D eigenvalue weighted by atomic mass is 35.5. The largest absolute Gasteiger partial charge is 0.484 e. The van der Waals surface area contributed by atoms with Gasteiger partial charge in [-0.25, -0.2) is 4.39 Å². The van der Waals surface area contributed by atoms with Gasteiger partial charge < -0.3 is 10.1 Å². The first-order chi connectivity index (χ1) is 8.45. The topological polar surface area (TPSA) is 73.9 Å². The maximum atomic E-state index is 12.8. The van der Waals surface area contributed by atoms with Crippen LogP contribution in [0.5, 0.6) is 5.75 Å². The molecule has 18 heavy (non-hydrogen) atoms. The average molecular weight is 269 g/mol. The zero-order valence-corrected chi connectivity index (χ0v) is 10.3. The number of ether oxygens (including phenoxy) is 1. The third-order valence-electron chi connectivity index (χ3n) is 2.15. The second kappa shape index (κ2) is 6.12. The van der Waals surface area contributed by atoms with Crippen molar-refractivity contribution in [1.82, 2.24) is 0 Å². The summed E-state index contributed by atoms with van der Waals surface area (Å²) in [4.78, 5) is 11.6. The van der Waals surface area contributed by atoms with Crippen LogP contribution in [0.15, 0.2) is 18.2 Å². The minimum atomic E-state index is -1.12. The molecule has 0 radical (unpaired) electrons. The number of hydrogen-bond donors (Lipinski definition) is 1. The molecule has 1 atom stereocenters. The van der Waals surface area contributed by atoms with Gasteiger partial charge in [0.1, 0.15) is 24.1 Å². The molecule has 4 nitrogen and oxygen atoms in total. The van der Waals surface area contributed by atoms with Crippen molar-refractivity contribution in [2.75, 3.05) is 6.61 Å². The minimum absolute atomic E-state index is 0.0443. The lowest BCUT2D eigenvalue weighted by Crippen LogP contribution is -2.25. The van der Waals surface area contributed by atoms with E-state index in [1.807, 2.05) is 0 Å². The highest BCUT2D eigenvalue weighted by molar-refractivity contribution is 6.32. The van der Waals surface area contributed by atoms with E-state index in [-0.39, 0.29) is 23.1 Å². The summed E-state index contributed by atoms with van der Waals surface area (Å²) in [7, 11) is 0. The molecule has 1 aromatic rings. The van der Waals surface area contributed by atoms with Crippen molar-refractivity contribution in [3.63, 3.8) is 0 Å². The van der Waals surface area contributed by atoms with Gasteiger partial charge in [0.15, 0.2) is 5.78 Å². The molecule has 1 aromatic carbocycles. The predicted octanol–water partition coefficient (Wildman–Crippen LogP) is 2.61. The Morgan fingerprint density at radius 2 is 2.33 bits per heavy atom. The van der Waals surface area contributed by atoms with E-state index < -0.39 is 17.5 Å². The van der Waals surface area contributed by atoms with Crippen LogP contribution in [0.3, 0.4) is 0 Å². The van der Waals surface area contributed by atoms with Crippen LogP contribution in [-0.2, 0) is 4.79 Å². The molecular weight excluding hydrogens is 259 g/mol. The Kier molecular flexibility index (Phi) is 4.81. The molecular formula is C12H10ClFN2O2. The second-order valence-electron chi connectivity index (χ2n) is 3.57. The van der Waals surface area contributed by atoms with Crippen LogP contribution in [0, 0.1) is 28.5 Å². The first-order valence-corrected chi connectivity index (χ1v) is 5.38. The van der Waals surface area contributed by atoms with Gasteiger partial charge in [-0.1, -0.05) is 11.6 Å². The Bertz CT molecular complexity index is 525. The van der Waals surface area contributed by atoms with Crippen LogP contribution in [0.2, 0.25) is 5.02 Å². The summed E-state index contributed by atoms with van der Waals surface area (Å²) >= 11 is 5.71. The van der Waals surface area contributed by atoms with Crippen molar-refractivity contribution < 1.29 is 13.9 Å². The lowest BCUT2D eigenvalue weighted by molar-refractivity contribution is -0.121. The Morgan fingerprint density at radius 1 is 1.67 bits per heavy atom. The molecule has 0 saturated carbocycles. The van der Waals surface area contributed by atoms with Gasteiger partial charge in [-0.05, 0) is 25.1 Å². The lowest BCUT2D eigenvalue weighted by Gasteiger charge is -2.09. The second-order valence-corrected chi connectivity index (χ2v) is 3.98. The number of ketones is 1. The average Bonchev–Trinajstić information content (AvgIpc) is 2.28. The smallest absolute Gasteiger partial charge is 0.192 e. The van der Waals surface area contributed by atoms with Gasteiger partial charge in [-0.3, -0.25) is 4.79 Å². The minimum Gasteiger partial charge on any atom is -0.484 e. The zero-order chi connectivity index (χ0) is 13.7. The van der Waals surface area contributed by atoms with E-state index in [9.17, 15) is 9.18 Å². The van der Waals surface area contributed by atoms with Crippen LogP contribution in [0.4, 0.5) is 4.39 Å². The predicted molar refractivity (Wildman–Crippen MR) is 64.4 cm³/mol. The van der Waals surface area contributed by atoms with E-state index in [4.69, 9.17) is 27.0 Å². The zero-order valence-electron chi connectivity index (χ0n) is 9.54.